The summed E-state index contributed by atoms with van der Waals surface area (Å²) < 4.78 is 40.9. The predicted octanol–water partition coefficient (Wildman–Crippen LogP) is 7.04. The van der Waals surface area contributed by atoms with Crippen LogP contribution in [0.3, 0.4) is 0 Å². The molecule has 0 aliphatic heterocycles. The molecule has 1 aromatic carbocycles. The van der Waals surface area contributed by atoms with Crippen LogP contribution in [0.4, 0.5) is 13.2 Å². The zero-order valence-electron chi connectivity index (χ0n) is 15.9. The Balaban J connectivity index is 3.93. The molecule has 5 heteroatoms. The van der Waals surface area contributed by atoms with Crippen molar-refractivity contribution in [1.82, 2.24) is 4.90 Å². The molecule has 0 aliphatic carbocycles. The van der Waals surface area contributed by atoms with Crippen LogP contribution in [0.25, 0.3) is 5.70 Å². The molecule has 0 aromatic heterocycles. The number of halogens is 4. The van der Waals surface area contributed by atoms with Gasteiger partial charge in [-0.25, -0.2) is 13.2 Å². The Kier molecular flexibility index (Phi) is 9.73. The van der Waals surface area contributed by atoms with Crippen LogP contribution in [-0.4, -0.2) is 24.9 Å². The van der Waals surface area contributed by atoms with E-state index in [-0.39, 0.29) is 10.6 Å². The molecule has 0 amide bonds. The summed E-state index contributed by atoms with van der Waals surface area (Å²) in [6.07, 6.45) is 8.84. The maximum Gasteiger partial charge on any atom is 0.255 e. The molecule has 1 rings (SSSR count). The molecule has 27 heavy (non-hydrogen) atoms. The molecule has 0 aliphatic rings. The average molecular weight is 396 g/mol. The van der Waals surface area contributed by atoms with E-state index >= 15 is 0 Å². The predicted molar refractivity (Wildman–Crippen MR) is 109 cm³/mol. The van der Waals surface area contributed by atoms with Crippen molar-refractivity contribution in [3.63, 3.8) is 0 Å². The average Bonchev–Trinajstić information content (AvgIpc) is 2.59. The molecule has 0 saturated heterocycles. The van der Waals surface area contributed by atoms with Crippen molar-refractivity contribution in [3.8, 4) is 0 Å². The molecule has 0 heterocycles. The van der Waals surface area contributed by atoms with Gasteiger partial charge < -0.3 is 4.90 Å². The van der Waals surface area contributed by atoms with Gasteiger partial charge in [0, 0.05) is 12.6 Å². The number of alkyl halides is 2. The molecule has 1 nitrogen and oxygen atoms in total. The smallest absolute Gasteiger partial charge is 0.255 e. The van der Waals surface area contributed by atoms with Crippen molar-refractivity contribution in [2.75, 3.05) is 13.6 Å². The second kappa shape index (κ2) is 11.5. The zero-order chi connectivity index (χ0) is 20.4. The summed E-state index contributed by atoms with van der Waals surface area (Å²) in [5.74, 6) is -0.570. The van der Waals surface area contributed by atoms with E-state index in [1.54, 1.807) is 24.3 Å². The van der Waals surface area contributed by atoms with Crippen LogP contribution in [0.1, 0.15) is 25.8 Å². The van der Waals surface area contributed by atoms with Crippen LogP contribution in [-0.2, 0) is 0 Å². The van der Waals surface area contributed by atoms with E-state index < -0.39 is 18.8 Å². The van der Waals surface area contributed by atoms with E-state index in [9.17, 15) is 13.2 Å². The Morgan fingerprint density at radius 2 is 2.00 bits per heavy atom. The van der Waals surface area contributed by atoms with E-state index in [0.717, 1.165) is 6.42 Å². The van der Waals surface area contributed by atoms with E-state index in [2.05, 4.69) is 6.58 Å². The highest BCUT2D eigenvalue weighted by Gasteiger charge is 2.22. The lowest BCUT2D eigenvalue weighted by Gasteiger charge is -2.27. The highest BCUT2D eigenvalue weighted by Crippen LogP contribution is 2.35. The largest absolute Gasteiger partial charge is 0.368 e. The van der Waals surface area contributed by atoms with Crippen LogP contribution in [0, 0.1) is 5.82 Å². The molecule has 0 atom stereocenters. The number of allylic oxidation sites excluding steroid dienone is 8. The van der Waals surface area contributed by atoms with Crippen molar-refractivity contribution in [3.05, 3.63) is 88.8 Å². The first-order chi connectivity index (χ1) is 12.9. The minimum atomic E-state index is -2.58. The summed E-state index contributed by atoms with van der Waals surface area (Å²) in [6.45, 7) is 6.96. The van der Waals surface area contributed by atoms with Crippen molar-refractivity contribution in [2.45, 2.75) is 26.7 Å². The second-order valence-electron chi connectivity index (χ2n) is 5.80. The first-order valence-corrected chi connectivity index (χ1v) is 9.05. The highest BCUT2D eigenvalue weighted by atomic mass is 35.5. The lowest BCUT2D eigenvalue weighted by Crippen LogP contribution is -2.25. The monoisotopic (exact) mass is 395 g/mol. The molecular weight excluding hydrogens is 371 g/mol. The minimum absolute atomic E-state index is 0.0949. The molecule has 146 valence electrons. The van der Waals surface area contributed by atoms with Crippen molar-refractivity contribution < 1.29 is 13.2 Å². The molecule has 1 aromatic rings. The highest BCUT2D eigenvalue weighted by molar-refractivity contribution is 6.32. The Morgan fingerprint density at radius 3 is 2.52 bits per heavy atom. The summed E-state index contributed by atoms with van der Waals surface area (Å²) in [5.41, 5.74) is 1.70. The number of nitrogens with zero attached hydrogens (tertiary/aromatic N) is 1. The molecule has 0 bridgehead atoms. The minimum Gasteiger partial charge on any atom is -0.368 e. The van der Waals surface area contributed by atoms with Crippen LogP contribution >= 0.6 is 11.6 Å². The van der Waals surface area contributed by atoms with Crippen molar-refractivity contribution >= 4 is 17.3 Å². The third kappa shape index (κ3) is 6.47. The van der Waals surface area contributed by atoms with Crippen LogP contribution in [0.15, 0.2) is 72.4 Å². The summed E-state index contributed by atoms with van der Waals surface area (Å²) in [6, 6.07) is 4.30. The van der Waals surface area contributed by atoms with Gasteiger partial charge in [0.25, 0.3) is 6.43 Å². The molecule has 0 spiro atoms. The summed E-state index contributed by atoms with van der Waals surface area (Å²) in [4.78, 5) is 1.34. The number of hydrogen-bond acceptors (Lipinski definition) is 1. The molecule has 0 fully saturated rings. The fourth-order valence-electron chi connectivity index (χ4n) is 2.64. The number of hydrogen-bond donors (Lipinski definition) is 0. The van der Waals surface area contributed by atoms with Gasteiger partial charge in [-0.15, -0.1) is 0 Å². The Hall–Kier alpha value is -2.20. The summed E-state index contributed by atoms with van der Waals surface area (Å²) in [5, 5.41) is 0.159. The SMILES string of the molecule is C=C/C=C(\C=C/C)C(/C=C\CC)=C(\c1c(F)cccc1Cl)N(C)CC(F)F. The van der Waals surface area contributed by atoms with Gasteiger partial charge in [-0.1, -0.05) is 67.6 Å². The van der Waals surface area contributed by atoms with E-state index in [1.165, 1.54) is 24.1 Å². The fourth-order valence-corrected chi connectivity index (χ4v) is 2.90. The van der Waals surface area contributed by atoms with Gasteiger partial charge in [-0.05, 0) is 31.1 Å². The van der Waals surface area contributed by atoms with Gasteiger partial charge in [0.2, 0.25) is 0 Å². The van der Waals surface area contributed by atoms with Crippen LogP contribution in [0.5, 0.6) is 0 Å². The summed E-state index contributed by atoms with van der Waals surface area (Å²) in [7, 11) is 1.51. The third-order valence-electron chi connectivity index (χ3n) is 3.72. The maximum absolute atomic E-state index is 14.7. The van der Waals surface area contributed by atoms with Gasteiger partial charge in [0.1, 0.15) is 5.82 Å². The van der Waals surface area contributed by atoms with Crippen molar-refractivity contribution in [2.24, 2.45) is 0 Å². The fraction of sp³-hybridized carbons (Fsp3) is 0.273. The van der Waals surface area contributed by atoms with Gasteiger partial charge in [0.05, 0.1) is 22.8 Å². The van der Waals surface area contributed by atoms with Gasteiger partial charge in [-0.3, -0.25) is 0 Å². The first kappa shape index (κ1) is 22.8. The maximum atomic E-state index is 14.7. The molecular formula is C22H25ClF3N. The van der Waals surface area contributed by atoms with E-state index in [1.807, 2.05) is 32.1 Å². The van der Waals surface area contributed by atoms with Gasteiger partial charge in [0.15, 0.2) is 0 Å². The Bertz CT molecular complexity index is 741. The van der Waals surface area contributed by atoms with Crippen molar-refractivity contribution in [1.29, 1.82) is 0 Å². The molecule has 0 unspecified atom stereocenters. The lowest BCUT2D eigenvalue weighted by molar-refractivity contribution is 0.120. The number of rotatable bonds is 9. The third-order valence-corrected chi connectivity index (χ3v) is 4.04. The van der Waals surface area contributed by atoms with Gasteiger partial charge in [-0.2, -0.15) is 0 Å². The second-order valence-corrected chi connectivity index (χ2v) is 6.21. The van der Waals surface area contributed by atoms with E-state index in [0.29, 0.717) is 16.8 Å². The van der Waals surface area contributed by atoms with Crippen LogP contribution < -0.4 is 0 Å². The first-order valence-electron chi connectivity index (χ1n) is 8.67. The topological polar surface area (TPSA) is 3.24 Å². The standard InChI is InChI=1S/C22H25ClF3N/c1-5-8-12-17(16(10-6-2)11-7-3)22(27(4)15-20(25)26)21-18(23)13-9-14-19(21)24/h6-14,20H,2,5,15H2,1,3-4H3/b11-7-,12-8-,16-10+,22-17+. The van der Waals surface area contributed by atoms with Crippen LogP contribution in [0.2, 0.25) is 5.02 Å². The quantitative estimate of drug-likeness (QED) is 0.405. The summed E-state index contributed by atoms with van der Waals surface area (Å²) >= 11 is 6.27. The molecule has 0 N–H and O–H groups in total. The number of benzene rings is 1. The van der Waals surface area contributed by atoms with E-state index in [4.69, 9.17) is 11.6 Å². The molecule has 0 radical (unpaired) electrons. The van der Waals surface area contributed by atoms with Gasteiger partial charge >= 0.3 is 0 Å². The normalized spacial score (nSPS) is 13.6. The Morgan fingerprint density at radius 1 is 1.30 bits per heavy atom. The molecule has 0 saturated carbocycles. The Labute approximate surface area is 164 Å². The lowest BCUT2D eigenvalue weighted by atomic mass is 9.96. The zero-order valence-corrected chi connectivity index (χ0v) is 16.6.